The molecule has 0 unspecified atom stereocenters. The molecule has 2 N–H and O–H groups in total. The first kappa shape index (κ1) is 21.3. The second kappa shape index (κ2) is 9.25. The standard InChI is InChI=1S/C19H34N2O2S2/c1-14(22)18(2)12-24-10-15-7-5-6-8-16(15)11-25-13-19(3,20-4)17(23)9-21-18/h15-16,20-21H,5-13H2,1-4H3/t15-,16-,18+,19+/m1/s1. The summed E-state index contributed by atoms with van der Waals surface area (Å²) in [6.07, 6.45) is 5.29. The number of hydrogen-bond acceptors (Lipinski definition) is 6. The molecule has 1 aliphatic heterocycles. The number of carbonyl (C=O) groups excluding carboxylic acids is 2. The Morgan fingerprint density at radius 3 is 2.20 bits per heavy atom. The molecule has 0 aromatic heterocycles. The summed E-state index contributed by atoms with van der Waals surface area (Å²) in [6.45, 7) is 5.80. The van der Waals surface area contributed by atoms with Crippen LogP contribution in [0.5, 0.6) is 0 Å². The zero-order chi connectivity index (χ0) is 18.5. The second-order valence-corrected chi connectivity index (χ2v) is 10.1. The molecule has 4 atom stereocenters. The van der Waals surface area contributed by atoms with Gasteiger partial charge in [0.1, 0.15) is 5.78 Å². The van der Waals surface area contributed by atoms with Gasteiger partial charge >= 0.3 is 0 Å². The van der Waals surface area contributed by atoms with E-state index in [1.165, 1.54) is 25.7 Å². The molecule has 144 valence electrons. The molecule has 4 nitrogen and oxygen atoms in total. The normalized spacial score (nSPS) is 38.8. The van der Waals surface area contributed by atoms with Crippen molar-refractivity contribution >= 4 is 35.1 Å². The van der Waals surface area contributed by atoms with Gasteiger partial charge in [0.25, 0.3) is 0 Å². The number of fused-ring (bicyclic) bond motifs is 1. The number of thioether (sulfide) groups is 2. The van der Waals surface area contributed by atoms with Gasteiger partial charge in [-0.25, -0.2) is 0 Å². The molecule has 2 aliphatic rings. The van der Waals surface area contributed by atoms with Gasteiger partial charge < -0.3 is 5.32 Å². The molecule has 0 amide bonds. The predicted octanol–water partition coefficient (Wildman–Crippen LogP) is 2.76. The van der Waals surface area contributed by atoms with Crippen molar-refractivity contribution in [3.63, 3.8) is 0 Å². The van der Waals surface area contributed by atoms with Crippen LogP contribution in [0.4, 0.5) is 0 Å². The lowest BCUT2D eigenvalue weighted by Crippen LogP contribution is -2.58. The highest BCUT2D eigenvalue weighted by molar-refractivity contribution is 7.99. The van der Waals surface area contributed by atoms with Gasteiger partial charge in [0.05, 0.1) is 17.6 Å². The Morgan fingerprint density at radius 1 is 1.12 bits per heavy atom. The maximum Gasteiger partial charge on any atom is 0.167 e. The minimum Gasteiger partial charge on any atom is -0.308 e. The average molecular weight is 387 g/mol. The van der Waals surface area contributed by atoms with Crippen molar-refractivity contribution in [3.05, 3.63) is 0 Å². The van der Waals surface area contributed by atoms with E-state index in [0.29, 0.717) is 0 Å². The largest absolute Gasteiger partial charge is 0.308 e. The fourth-order valence-electron chi connectivity index (χ4n) is 3.59. The van der Waals surface area contributed by atoms with Crippen LogP contribution in [0.2, 0.25) is 0 Å². The molecule has 1 heterocycles. The van der Waals surface area contributed by atoms with E-state index in [1.807, 2.05) is 44.4 Å². The van der Waals surface area contributed by atoms with Crippen LogP contribution in [-0.2, 0) is 9.59 Å². The predicted molar refractivity (Wildman–Crippen MR) is 110 cm³/mol. The van der Waals surface area contributed by atoms with E-state index in [1.54, 1.807) is 6.92 Å². The van der Waals surface area contributed by atoms with Crippen LogP contribution in [0.1, 0.15) is 46.5 Å². The van der Waals surface area contributed by atoms with Crippen LogP contribution in [0.3, 0.4) is 0 Å². The highest BCUT2D eigenvalue weighted by Gasteiger charge is 2.36. The maximum atomic E-state index is 12.8. The molecule has 1 aliphatic carbocycles. The van der Waals surface area contributed by atoms with Gasteiger partial charge in [-0.3, -0.25) is 14.9 Å². The molecule has 0 spiro atoms. The highest BCUT2D eigenvalue weighted by Crippen LogP contribution is 2.36. The molecule has 1 saturated carbocycles. The molecular formula is C19H34N2O2S2. The molecule has 0 aromatic carbocycles. The number of ketones is 2. The first-order valence-electron chi connectivity index (χ1n) is 9.44. The van der Waals surface area contributed by atoms with E-state index in [0.717, 1.165) is 34.8 Å². The minimum absolute atomic E-state index is 0.114. The second-order valence-electron chi connectivity index (χ2n) is 8.08. The molecule has 0 radical (unpaired) electrons. The van der Waals surface area contributed by atoms with E-state index >= 15 is 0 Å². The Bertz CT molecular complexity index is 482. The molecule has 6 heteroatoms. The summed E-state index contributed by atoms with van der Waals surface area (Å²) in [5, 5.41) is 6.50. The fraction of sp³-hybridized carbons (Fsp3) is 0.895. The minimum atomic E-state index is -0.625. The van der Waals surface area contributed by atoms with Gasteiger partial charge in [0.2, 0.25) is 0 Å². The SMILES string of the molecule is CN[C@@]1(C)CSC[C@H]2CCCC[C@@H]2CSC[C@@](C)(C(C)=O)NCC1=O. The van der Waals surface area contributed by atoms with Crippen LogP contribution in [0, 0.1) is 11.8 Å². The number of likely N-dealkylation sites (N-methyl/N-ethyl adjacent to an activating group) is 1. The summed E-state index contributed by atoms with van der Waals surface area (Å²) in [4.78, 5) is 25.0. The van der Waals surface area contributed by atoms with E-state index in [9.17, 15) is 9.59 Å². The third-order valence-electron chi connectivity index (χ3n) is 6.10. The lowest BCUT2D eigenvalue weighted by Gasteiger charge is -2.33. The van der Waals surface area contributed by atoms with Crippen molar-refractivity contribution in [3.8, 4) is 0 Å². The zero-order valence-corrected chi connectivity index (χ0v) is 17.8. The first-order valence-corrected chi connectivity index (χ1v) is 11.8. The van der Waals surface area contributed by atoms with Crippen molar-refractivity contribution in [2.24, 2.45) is 11.8 Å². The van der Waals surface area contributed by atoms with Crippen LogP contribution >= 0.6 is 23.5 Å². The number of hydrogen-bond donors (Lipinski definition) is 2. The molecule has 2 fully saturated rings. The first-order chi connectivity index (χ1) is 11.8. The van der Waals surface area contributed by atoms with E-state index in [2.05, 4.69) is 10.6 Å². The van der Waals surface area contributed by atoms with E-state index in [4.69, 9.17) is 0 Å². The maximum absolute atomic E-state index is 12.8. The topological polar surface area (TPSA) is 58.2 Å². The summed E-state index contributed by atoms with van der Waals surface area (Å²) < 4.78 is 0. The van der Waals surface area contributed by atoms with Crippen LogP contribution in [-0.4, -0.2) is 59.2 Å². The molecule has 1 saturated heterocycles. The highest BCUT2D eigenvalue weighted by atomic mass is 32.2. The number of rotatable bonds is 2. The lowest BCUT2D eigenvalue weighted by molar-refractivity contribution is -0.125. The summed E-state index contributed by atoms with van der Waals surface area (Å²) in [5.74, 6) is 5.56. The fourth-order valence-corrected chi connectivity index (χ4v) is 6.74. The summed E-state index contributed by atoms with van der Waals surface area (Å²) >= 11 is 3.80. The van der Waals surface area contributed by atoms with Crippen molar-refractivity contribution in [2.75, 3.05) is 36.6 Å². The van der Waals surface area contributed by atoms with Crippen molar-refractivity contribution in [2.45, 2.75) is 57.5 Å². The Balaban J connectivity index is 2.17. The quantitative estimate of drug-likeness (QED) is 0.761. The lowest BCUT2D eigenvalue weighted by atomic mass is 9.81. The summed E-state index contributed by atoms with van der Waals surface area (Å²) in [5.41, 5.74) is -1.17. The van der Waals surface area contributed by atoms with E-state index in [-0.39, 0.29) is 18.1 Å². The Kier molecular flexibility index (Phi) is 7.86. The number of Topliss-reactive ketones (excluding diaryl/α,β-unsaturated/α-hetero) is 2. The van der Waals surface area contributed by atoms with Gasteiger partial charge in [0.15, 0.2) is 5.78 Å². The number of nitrogens with one attached hydrogen (secondary N) is 2. The summed E-state index contributed by atoms with van der Waals surface area (Å²) in [7, 11) is 1.86. The third kappa shape index (κ3) is 5.47. The molecule has 0 aromatic rings. The van der Waals surface area contributed by atoms with Gasteiger partial charge in [-0.15, -0.1) is 0 Å². The monoisotopic (exact) mass is 386 g/mol. The Hall–Kier alpha value is -0.0400. The smallest absolute Gasteiger partial charge is 0.167 e. The molecular weight excluding hydrogens is 352 g/mol. The van der Waals surface area contributed by atoms with Crippen molar-refractivity contribution < 1.29 is 9.59 Å². The van der Waals surface area contributed by atoms with Crippen LogP contribution in [0.25, 0.3) is 0 Å². The van der Waals surface area contributed by atoms with Crippen molar-refractivity contribution in [1.82, 2.24) is 10.6 Å². The van der Waals surface area contributed by atoms with Crippen molar-refractivity contribution in [1.29, 1.82) is 0 Å². The van der Waals surface area contributed by atoms with Gasteiger partial charge in [-0.05, 0) is 64.0 Å². The average Bonchev–Trinajstić information content (AvgIpc) is 2.60. The number of carbonyl (C=O) groups is 2. The Morgan fingerprint density at radius 2 is 1.68 bits per heavy atom. The van der Waals surface area contributed by atoms with Crippen LogP contribution < -0.4 is 10.6 Å². The van der Waals surface area contributed by atoms with Gasteiger partial charge in [-0.1, -0.05) is 12.8 Å². The Labute approximate surface area is 161 Å². The zero-order valence-electron chi connectivity index (χ0n) is 16.2. The van der Waals surface area contributed by atoms with E-state index < -0.39 is 11.1 Å². The molecule has 2 rings (SSSR count). The summed E-state index contributed by atoms with van der Waals surface area (Å²) in [6, 6.07) is 0. The van der Waals surface area contributed by atoms with Gasteiger partial charge in [-0.2, -0.15) is 23.5 Å². The third-order valence-corrected chi connectivity index (χ3v) is 8.99. The van der Waals surface area contributed by atoms with Gasteiger partial charge in [0, 0.05) is 11.5 Å². The molecule has 0 bridgehead atoms. The molecule has 25 heavy (non-hydrogen) atoms. The van der Waals surface area contributed by atoms with Crippen LogP contribution in [0.15, 0.2) is 0 Å².